The van der Waals surface area contributed by atoms with Crippen LogP contribution in [0, 0.1) is 0 Å². The minimum Gasteiger partial charge on any atom is -0.457 e. The molecule has 0 fully saturated rings. The number of nitrogens with one attached hydrogen (secondary N) is 2. The predicted molar refractivity (Wildman–Crippen MR) is 104 cm³/mol. The molecule has 0 saturated carbocycles. The number of fused-ring (bicyclic) bond motifs is 2. The van der Waals surface area contributed by atoms with Crippen LogP contribution in [-0.4, -0.2) is 10.9 Å². The zero-order chi connectivity index (χ0) is 21.5. The van der Waals surface area contributed by atoms with Gasteiger partial charge in [0.25, 0.3) is 11.5 Å². The van der Waals surface area contributed by atoms with Gasteiger partial charge in [-0.15, -0.1) is 0 Å². The number of H-pyrrole nitrogens is 1. The molecular weight excluding hydrogens is 397 g/mol. The number of para-hydroxylation sites is 1. The van der Waals surface area contributed by atoms with Crippen LogP contribution in [-0.2, 0) is 12.6 Å². The van der Waals surface area contributed by atoms with Crippen molar-refractivity contribution in [3.05, 3.63) is 92.9 Å². The Morgan fingerprint density at radius 1 is 1.07 bits per heavy atom. The third-order valence-electron chi connectivity index (χ3n) is 4.98. The summed E-state index contributed by atoms with van der Waals surface area (Å²) in [5, 5.41) is 2.76. The molecule has 1 aliphatic heterocycles. The van der Waals surface area contributed by atoms with Crippen molar-refractivity contribution in [2.75, 3.05) is 0 Å². The number of hydrogen-bond donors (Lipinski definition) is 2. The molecule has 2 aromatic carbocycles. The molecule has 154 valence electrons. The molecule has 8 heteroatoms. The predicted octanol–water partition coefficient (Wildman–Crippen LogP) is 4.58. The number of benzene rings is 2. The number of pyridine rings is 1. The van der Waals surface area contributed by atoms with Crippen molar-refractivity contribution in [1.82, 2.24) is 10.3 Å². The number of amides is 1. The highest BCUT2D eigenvalue weighted by Gasteiger charge is 2.33. The fourth-order valence-electron chi connectivity index (χ4n) is 3.41. The summed E-state index contributed by atoms with van der Waals surface area (Å²) in [5.41, 5.74) is -0.285. The van der Waals surface area contributed by atoms with Gasteiger partial charge >= 0.3 is 6.18 Å². The maximum atomic E-state index is 12.8. The minimum atomic E-state index is -4.70. The standard InChI is InChI=1S/C22H17F3N2O3/c1-2-12-7-8-14-17(11-12)30-16-6-4-3-5-13(16)19(14)27-21(29)15-9-10-18(22(23,24)25)26-20(15)28/h3-11,19H,2H2,1H3,(H,26,28)(H,27,29). The minimum absolute atomic E-state index is 0.404. The van der Waals surface area contributed by atoms with Crippen LogP contribution in [0.15, 0.2) is 59.4 Å². The van der Waals surface area contributed by atoms with Gasteiger partial charge < -0.3 is 15.0 Å². The molecule has 30 heavy (non-hydrogen) atoms. The van der Waals surface area contributed by atoms with Gasteiger partial charge in [0.15, 0.2) is 0 Å². The topological polar surface area (TPSA) is 71.2 Å². The van der Waals surface area contributed by atoms with Crippen LogP contribution in [0.3, 0.4) is 0 Å². The van der Waals surface area contributed by atoms with Crippen LogP contribution in [0.4, 0.5) is 13.2 Å². The molecule has 0 bridgehead atoms. The zero-order valence-electron chi connectivity index (χ0n) is 15.8. The van der Waals surface area contributed by atoms with Crippen LogP contribution in [0.1, 0.15) is 45.7 Å². The Bertz CT molecular complexity index is 1180. The number of rotatable bonds is 3. The SMILES string of the molecule is CCc1ccc2c(c1)Oc1ccccc1C2NC(=O)c1ccc(C(F)(F)F)[nH]c1=O. The highest BCUT2D eigenvalue weighted by molar-refractivity contribution is 5.94. The molecule has 0 saturated heterocycles. The van der Waals surface area contributed by atoms with E-state index in [1.54, 1.807) is 29.2 Å². The molecule has 1 amide bonds. The van der Waals surface area contributed by atoms with Gasteiger partial charge in [-0.3, -0.25) is 9.59 Å². The van der Waals surface area contributed by atoms with E-state index >= 15 is 0 Å². The quantitative estimate of drug-likeness (QED) is 0.659. The molecule has 3 aromatic rings. The molecule has 1 atom stereocenters. The summed E-state index contributed by atoms with van der Waals surface area (Å²) >= 11 is 0. The number of aromatic nitrogens is 1. The first-order chi connectivity index (χ1) is 14.3. The van der Waals surface area contributed by atoms with Crippen LogP contribution in [0.2, 0.25) is 0 Å². The van der Waals surface area contributed by atoms with Crippen molar-refractivity contribution in [3.8, 4) is 11.5 Å². The fraction of sp³-hybridized carbons (Fsp3) is 0.182. The van der Waals surface area contributed by atoms with Gasteiger partial charge in [-0.25, -0.2) is 0 Å². The summed E-state index contributed by atoms with van der Waals surface area (Å²) in [7, 11) is 0. The number of aryl methyl sites for hydroxylation is 1. The largest absolute Gasteiger partial charge is 0.457 e. The summed E-state index contributed by atoms with van der Waals surface area (Å²) in [6.45, 7) is 2.01. The van der Waals surface area contributed by atoms with Gasteiger partial charge in [0.05, 0.1) is 6.04 Å². The van der Waals surface area contributed by atoms with E-state index in [0.717, 1.165) is 18.1 Å². The van der Waals surface area contributed by atoms with Crippen molar-refractivity contribution < 1.29 is 22.7 Å². The fourth-order valence-corrected chi connectivity index (χ4v) is 3.41. The highest BCUT2D eigenvalue weighted by atomic mass is 19.4. The van der Waals surface area contributed by atoms with Crippen LogP contribution in [0.5, 0.6) is 11.5 Å². The number of halogens is 3. The Labute approximate surface area is 169 Å². The van der Waals surface area contributed by atoms with Crippen molar-refractivity contribution in [2.24, 2.45) is 0 Å². The van der Waals surface area contributed by atoms with E-state index in [1.165, 1.54) is 0 Å². The van der Waals surface area contributed by atoms with Gasteiger partial charge in [-0.2, -0.15) is 13.2 Å². The number of alkyl halides is 3. The first kappa shape index (κ1) is 19.8. The Hall–Kier alpha value is -3.55. The van der Waals surface area contributed by atoms with Gasteiger partial charge in [0, 0.05) is 11.1 Å². The Morgan fingerprint density at radius 3 is 2.50 bits per heavy atom. The van der Waals surface area contributed by atoms with E-state index in [2.05, 4.69) is 5.32 Å². The first-order valence-electron chi connectivity index (χ1n) is 9.29. The molecule has 0 aliphatic carbocycles. The molecule has 4 rings (SSSR count). The van der Waals surface area contributed by atoms with E-state index in [-0.39, 0.29) is 0 Å². The molecule has 1 aromatic heterocycles. The average molecular weight is 414 g/mol. The van der Waals surface area contributed by atoms with Gasteiger partial charge in [0.2, 0.25) is 0 Å². The normalized spacial score (nSPS) is 15.0. The number of ether oxygens (including phenoxy) is 1. The third-order valence-corrected chi connectivity index (χ3v) is 4.98. The second kappa shape index (κ2) is 7.37. The van der Waals surface area contributed by atoms with Crippen molar-refractivity contribution in [2.45, 2.75) is 25.6 Å². The molecular formula is C22H17F3N2O3. The lowest BCUT2D eigenvalue weighted by molar-refractivity contribution is -0.141. The summed E-state index contributed by atoms with van der Waals surface area (Å²) in [5.74, 6) is 0.363. The third kappa shape index (κ3) is 3.56. The molecule has 1 unspecified atom stereocenters. The van der Waals surface area contributed by atoms with Crippen LogP contribution < -0.4 is 15.6 Å². The summed E-state index contributed by atoms with van der Waals surface area (Å²) < 4.78 is 44.3. The molecule has 2 N–H and O–H groups in total. The number of aromatic amines is 1. The maximum Gasteiger partial charge on any atom is 0.431 e. The van der Waals surface area contributed by atoms with E-state index in [1.807, 2.05) is 25.1 Å². The lowest BCUT2D eigenvalue weighted by Gasteiger charge is -2.29. The smallest absolute Gasteiger partial charge is 0.431 e. The van der Waals surface area contributed by atoms with Crippen LogP contribution >= 0.6 is 0 Å². The van der Waals surface area contributed by atoms with Crippen molar-refractivity contribution >= 4 is 5.91 Å². The average Bonchev–Trinajstić information content (AvgIpc) is 2.72. The number of carbonyl (C=O) groups is 1. The van der Waals surface area contributed by atoms with E-state index < -0.39 is 34.9 Å². The molecule has 0 spiro atoms. The van der Waals surface area contributed by atoms with Gasteiger partial charge in [0.1, 0.15) is 22.8 Å². The molecule has 5 nitrogen and oxygen atoms in total. The summed E-state index contributed by atoms with van der Waals surface area (Å²) in [6, 6.07) is 13.7. The highest BCUT2D eigenvalue weighted by Crippen LogP contribution is 2.43. The number of carbonyl (C=O) groups excluding carboxylic acids is 1. The Morgan fingerprint density at radius 2 is 1.80 bits per heavy atom. The van der Waals surface area contributed by atoms with E-state index in [4.69, 9.17) is 4.74 Å². The van der Waals surface area contributed by atoms with Crippen LogP contribution in [0.25, 0.3) is 0 Å². The van der Waals surface area contributed by atoms with E-state index in [9.17, 15) is 22.8 Å². The monoisotopic (exact) mass is 414 g/mol. The molecule has 2 heterocycles. The second-order valence-electron chi connectivity index (χ2n) is 6.88. The summed E-state index contributed by atoms with van der Waals surface area (Å²) in [6.07, 6.45) is -3.90. The lowest BCUT2D eigenvalue weighted by Crippen LogP contribution is -2.35. The van der Waals surface area contributed by atoms with Gasteiger partial charge in [-0.05, 0) is 36.2 Å². The summed E-state index contributed by atoms with van der Waals surface area (Å²) in [4.78, 5) is 26.6. The zero-order valence-corrected chi connectivity index (χ0v) is 15.8. The van der Waals surface area contributed by atoms with E-state index in [0.29, 0.717) is 28.7 Å². The maximum absolute atomic E-state index is 12.8. The lowest BCUT2D eigenvalue weighted by atomic mass is 9.93. The Kier molecular flexibility index (Phi) is 4.85. The molecule has 1 aliphatic rings. The van der Waals surface area contributed by atoms with Gasteiger partial charge in [-0.1, -0.05) is 37.3 Å². The molecule has 0 radical (unpaired) electrons. The number of hydrogen-bond acceptors (Lipinski definition) is 3. The second-order valence-corrected chi connectivity index (χ2v) is 6.88. The van der Waals surface area contributed by atoms with Crippen molar-refractivity contribution in [1.29, 1.82) is 0 Å². The van der Waals surface area contributed by atoms with Crippen molar-refractivity contribution in [3.63, 3.8) is 0 Å². The first-order valence-corrected chi connectivity index (χ1v) is 9.29. The Balaban J connectivity index is 1.71.